The van der Waals surface area contributed by atoms with Crippen LogP contribution in [-0.4, -0.2) is 110 Å². The Morgan fingerprint density at radius 2 is 1.84 bits per heavy atom. The molecule has 2 aliphatic carbocycles. The Balaban J connectivity index is 1.30. The van der Waals surface area contributed by atoms with Crippen molar-refractivity contribution < 1.29 is 68.5 Å². The second-order valence-electron chi connectivity index (χ2n) is 11.9. The largest absolute Gasteiger partial charge is 0.481 e. The van der Waals surface area contributed by atoms with Crippen molar-refractivity contribution in [3.63, 3.8) is 0 Å². The van der Waals surface area contributed by atoms with Gasteiger partial charge in [-0.05, 0) is 51.4 Å². The third-order valence-electron chi connectivity index (χ3n) is 9.23. The van der Waals surface area contributed by atoms with Crippen molar-refractivity contribution in [3.8, 4) is 5.75 Å². The number of ether oxygens (including phenoxy) is 4. The smallest absolute Gasteiger partial charge is 0.348 e. The van der Waals surface area contributed by atoms with Gasteiger partial charge in [0.2, 0.25) is 6.10 Å². The van der Waals surface area contributed by atoms with E-state index in [9.17, 15) is 39.3 Å². The second-order valence-corrected chi connectivity index (χ2v) is 11.9. The SMILES string of the molecule is C[C@H](OC(=O)C[C@H](O)C(=O)OC1=CC[C@@]2(O)[C@H]3Cc4ccc(CO)c5c4[C@@]2(CCCN3C)[C@H]1O5)C(=O)O[C@@H](CC(=O)O)C(=O)O. The van der Waals surface area contributed by atoms with Crippen LogP contribution in [0.4, 0.5) is 0 Å². The van der Waals surface area contributed by atoms with E-state index in [0.717, 1.165) is 24.6 Å². The van der Waals surface area contributed by atoms with E-state index in [0.29, 0.717) is 30.6 Å². The quantitative estimate of drug-likeness (QED) is 0.154. The molecule has 1 fully saturated rings. The van der Waals surface area contributed by atoms with E-state index in [1.165, 1.54) is 0 Å². The zero-order valence-electron chi connectivity index (χ0n) is 24.6. The molecule has 2 heterocycles. The van der Waals surface area contributed by atoms with Crippen molar-refractivity contribution in [1.29, 1.82) is 0 Å². The lowest BCUT2D eigenvalue weighted by Gasteiger charge is -2.56. The number of rotatable bonds is 11. The van der Waals surface area contributed by atoms with E-state index in [-0.39, 0.29) is 24.8 Å². The number of nitrogens with zero attached hydrogens (tertiary/aromatic N) is 1. The monoisotopic (exact) mass is 633 g/mol. The molecule has 1 spiro atoms. The molecule has 244 valence electrons. The highest BCUT2D eigenvalue weighted by atomic mass is 16.6. The van der Waals surface area contributed by atoms with Crippen molar-refractivity contribution in [2.24, 2.45) is 0 Å². The molecule has 4 aliphatic rings. The molecule has 5 rings (SSSR count). The summed E-state index contributed by atoms with van der Waals surface area (Å²) in [5, 5.41) is 50.7. The summed E-state index contributed by atoms with van der Waals surface area (Å²) in [4.78, 5) is 61.6. The highest BCUT2D eigenvalue weighted by molar-refractivity contribution is 5.86. The van der Waals surface area contributed by atoms with E-state index in [1.807, 2.05) is 13.1 Å². The van der Waals surface area contributed by atoms with Gasteiger partial charge in [0.15, 0.2) is 18.3 Å². The minimum Gasteiger partial charge on any atom is -0.481 e. The van der Waals surface area contributed by atoms with Crippen LogP contribution < -0.4 is 4.74 Å². The van der Waals surface area contributed by atoms with Crippen LogP contribution in [0, 0.1) is 0 Å². The second kappa shape index (κ2) is 12.0. The number of carbonyl (C=O) groups excluding carboxylic acids is 3. The lowest BCUT2D eigenvalue weighted by atomic mass is 9.52. The van der Waals surface area contributed by atoms with Crippen molar-refractivity contribution in [2.75, 3.05) is 13.6 Å². The number of aliphatic hydroxyl groups excluding tert-OH is 2. The molecule has 0 saturated carbocycles. The van der Waals surface area contributed by atoms with Crippen LogP contribution in [0.15, 0.2) is 24.0 Å². The highest BCUT2D eigenvalue weighted by Crippen LogP contribution is 2.64. The fourth-order valence-corrected chi connectivity index (χ4v) is 7.18. The number of carboxylic acids is 2. The van der Waals surface area contributed by atoms with Crippen LogP contribution in [0.1, 0.15) is 55.7 Å². The minimum absolute atomic E-state index is 0.0448. The summed E-state index contributed by atoms with van der Waals surface area (Å²) in [6.07, 6.45) is -5.22. The molecular weight excluding hydrogens is 598 g/mol. The molecule has 0 unspecified atom stereocenters. The Bertz CT molecular complexity index is 1460. The Morgan fingerprint density at radius 3 is 2.51 bits per heavy atom. The standard InChI is InChI=1S/C30H35NO14/c1-14(27(39)44-19(26(37)38)12-21(34)35)42-22(36)11-17(33)28(40)43-18-6-8-30(41)20-10-15-4-5-16(13-32)24-23(15)29(30,25(18)45-24)7-3-9-31(20)2/h4-6,14,17,19-20,25,32-33,41H,3,7-13H2,1-2H3,(H,34,35)(H,37,38)/t14-,17-,19-,20+,25-,29-,30+/m0/s1. The van der Waals surface area contributed by atoms with E-state index >= 15 is 0 Å². The van der Waals surface area contributed by atoms with Crippen LogP contribution in [-0.2, 0) is 56.6 Å². The highest BCUT2D eigenvalue weighted by Gasteiger charge is 2.70. The summed E-state index contributed by atoms with van der Waals surface area (Å²) < 4.78 is 21.4. The third-order valence-corrected chi connectivity index (χ3v) is 9.23. The number of likely N-dealkylation sites (N-methyl/N-ethyl adjacent to an activating group) is 1. The number of likely N-dealkylation sites (tertiary alicyclic amines) is 1. The summed E-state index contributed by atoms with van der Waals surface area (Å²) in [5.74, 6) is -6.55. The number of aliphatic carboxylic acids is 2. The lowest BCUT2D eigenvalue weighted by molar-refractivity contribution is -0.179. The zero-order chi connectivity index (χ0) is 32.8. The van der Waals surface area contributed by atoms with Gasteiger partial charge >= 0.3 is 29.8 Å². The van der Waals surface area contributed by atoms with Crippen molar-refractivity contribution in [3.05, 3.63) is 40.7 Å². The van der Waals surface area contributed by atoms with Crippen LogP contribution in [0.2, 0.25) is 0 Å². The van der Waals surface area contributed by atoms with E-state index in [1.54, 1.807) is 12.1 Å². The number of aliphatic hydroxyl groups is 3. The predicted octanol–water partition coefficient (Wildman–Crippen LogP) is -0.456. The van der Waals surface area contributed by atoms with Gasteiger partial charge in [-0.25, -0.2) is 14.4 Å². The number of esters is 3. The van der Waals surface area contributed by atoms with Gasteiger partial charge < -0.3 is 49.4 Å². The first-order valence-corrected chi connectivity index (χ1v) is 14.5. The van der Waals surface area contributed by atoms with Gasteiger partial charge in [0.1, 0.15) is 11.5 Å². The third kappa shape index (κ3) is 5.43. The molecule has 1 saturated heterocycles. The van der Waals surface area contributed by atoms with Crippen LogP contribution in [0.3, 0.4) is 0 Å². The molecule has 2 bridgehead atoms. The van der Waals surface area contributed by atoms with Gasteiger partial charge in [0.05, 0.1) is 30.5 Å². The summed E-state index contributed by atoms with van der Waals surface area (Å²) in [6, 6.07) is 3.43. The fraction of sp³-hybridized carbons (Fsp3) is 0.567. The maximum absolute atomic E-state index is 13.0. The summed E-state index contributed by atoms with van der Waals surface area (Å²) in [6.45, 7) is 1.45. The average Bonchev–Trinajstić information content (AvgIpc) is 3.31. The molecule has 0 radical (unpaired) electrons. The zero-order valence-corrected chi connectivity index (χ0v) is 24.6. The number of hydrogen-bond acceptors (Lipinski definition) is 13. The van der Waals surface area contributed by atoms with Crippen LogP contribution in [0.5, 0.6) is 5.75 Å². The fourth-order valence-electron chi connectivity index (χ4n) is 7.18. The normalized spacial score (nSPS) is 28.2. The Kier molecular flexibility index (Phi) is 8.65. The molecule has 0 aromatic heterocycles. The molecule has 45 heavy (non-hydrogen) atoms. The predicted molar refractivity (Wildman–Crippen MR) is 148 cm³/mol. The van der Waals surface area contributed by atoms with E-state index in [4.69, 9.17) is 24.4 Å². The average molecular weight is 634 g/mol. The maximum atomic E-state index is 13.0. The summed E-state index contributed by atoms with van der Waals surface area (Å²) in [7, 11) is 1.95. The van der Waals surface area contributed by atoms with Crippen LogP contribution >= 0.6 is 0 Å². The van der Waals surface area contributed by atoms with Crippen LogP contribution in [0.25, 0.3) is 0 Å². The van der Waals surface area contributed by atoms with Crippen molar-refractivity contribution in [2.45, 2.75) is 93.5 Å². The topological polar surface area (TPSA) is 227 Å². The first-order chi connectivity index (χ1) is 21.2. The molecular formula is C30H35NO14. The van der Waals surface area contributed by atoms with Gasteiger partial charge in [-0.15, -0.1) is 0 Å². The van der Waals surface area contributed by atoms with E-state index in [2.05, 4.69) is 9.64 Å². The Labute approximate surface area is 256 Å². The Hall–Kier alpha value is -4.05. The molecule has 15 heteroatoms. The van der Waals surface area contributed by atoms with Gasteiger partial charge in [0.25, 0.3) is 0 Å². The number of hydrogen-bond donors (Lipinski definition) is 5. The minimum atomic E-state index is -2.04. The first kappa shape index (κ1) is 32.3. The first-order valence-electron chi connectivity index (χ1n) is 14.5. The molecule has 15 nitrogen and oxygen atoms in total. The summed E-state index contributed by atoms with van der Waals surface area (Å²) in [5.41, 5.74) is -0.0195. The van der Waals surface area contributed by atoms with Gasteiger partial charge in [-0.3, -0.25) is 9.59 Å². The van der Waals surface area contributed by atoms with Gasteiger partial charge in [0, 0.05) is 23.6 Å². The molecule has 0 amide bonds. The maximum Gasteiger partial charge on any atom is 0.348 e. The van der Waals surface area contributed by atoms with E-state index < -0.39 is 78.1 Å². The summed E-state index contributed by atoms with van der Waals surface area (Å²) >= 11 is 0. The number of carboxylic acid groups (broad SMARTS) is 2. The van der Waals surface area contributed by atoms with Crippen molar-refractivity contribution in [1.82, 2.24) is 4.90 Å². The lowest BCUT2D eigenvalue weighted by Crippen LogP contribution is -2.69. The molecule has 5 N–H and O–H groups in total. The molecule has 1 aromatic carbocycles. The number of carbonyl (C=O) groups is 5. The van der Waals surface area contributed by atoms with Gasteiger partial charge in [-0.2, -0.15) is 0 Å². The Morgan fingerprint density at radius 1 is 1.11 bits per heavy atom. The molecule has 2 aliphatic heterocycles. The molecule has 7 atom stereocenters. The van der Waals surface area contributed by atoms with Gasteiger partial charge in [-0.1, -0.05) is 12.1 Å². The molecule has 1 aromatic rings. The number of benzene rings is 1. The van der Waals surface area contributed by atoms with Crippen molar-refractivity contribution >= 4 is 29.8 Å².